The predicted octanol–water partition coefficient (Wildman–Crippen LogP) is 0.228. The van der Waals surface area contributed by atoms with Crippen LogP contribution in [0, 0.1) is 6.92 Å². The molecule has 1 atom stereocenters. The van der Waals surface area contributed by atoms with Crippen molar-refractivity contribution in [1.82, 2.24) is 15.8 Å². The van der Waals surface area contributed by atoms with Crippen molar-refractivity contribution in [3.8, 4) is 0 Å². The lowest BCUT2D eigenvalue weighted by Crippen LogP contribution is -2.46. The molecule has 2 amide bonds. The van der Waals surface area contributed by atoms with Crippen molar-refractivity contribution in [3.05, 3.63) is 10.6 Å². The highest BCUT2D eigenvalue weighted by Gasteiger charge is 2.25. The third-order valence-electron chi connectivity index (χ3n) is 3.79. The van der Waals surface area contributed by atoms with Crippen LogP contribution in [0.3, 0.4) is 0 Å². The molecule has 1 aromatic rings. The molecule has 0 aliphatic carbocycles. The lowest BCUT2D eigenvalue weighted by Gasteiger charge is -2.25. The monoisotopic (exact) mass is 340 g/mol. The van der Waals surface area contributed by atoms with E-state index >= 15 is 0 Å². The number of morpholine rings is 1. The van der Waals surface area contributed by atoms with E-state index < -0.39 is 6.10 Å². The van der Waals surface area contributed by atoms with Crippen molar-refractivity contribution in [2.75, 3.05) is 37.8 Å². The lowest BCUT2D eigenvalue weighted by molar-refractivity contribution is -0.130. The van der Waals surface area contributed by atoms with Crippen molar-refractivity contribution in [3.63, 3.8) is 0 Å². The van der Waals surface area contributed by atoms with Gasteiger partial charge < -0.3 is 14.4 Å². The van der Waals surface area contributed by atoms with E-state index in [9.17, 15) is 9.59 Å². The second-order valence-electron chi connectivity index (χ2n) is 5.46. The molecule has 2 N–H and O–H groups in total. The number of aryl methyl sites for hydroxylation is 1. The largest absolute Gasteiger partial charge is 0.378 e. The van der Waals surface area contributed by atoms with Crippen molar-refractivity contribution >= 4 is 28.3 Å². The third-order valence-corrected chi connectivity index (χ3v) is 5.01. The lowest BCUT2D eigenvalue weighted by atomic mass is 10.2. The molecule has 0 bridgehead atoms. The van der Waals surface area contributed by atoms with E-state index in [1.54, 1.807) is 6.92 Å². The Morgan fingerprint density at radius 3 is 2.74 bits per heavy atom. The Morgan fingerprint density at radius 2 is 2.04 bits per heavy atom. The van der Waals surface area contributed by atoms with Gasteiger partial charge in [0.15, 0.2) is 5.13 Å². The first-order valence-electron chi connectivity index (χ1n) is 7.67. The maximum absolute atomic E-state index is 12.2. The fourth-order valence-corrected chi connectivity index (χ4v) is 3.54. The molecule has 8 nitrogen and oxygen atoms in total. The van der Waals surface area contributed by atoms with Gasteiger partial charge in [-0.25, -0.2) is 4.98 Å². The van der Waals surface area contributed by atoms with E-state index in [-0.39, 0.29) is 11.8 Å². The van der Waals surface area contributed by atoms with Crippen LogP contribution in [0.1, 0.15) is 28.2 Å². The third kappa shape index (κ3) is 3.80. The van der Waals surface area contributed by atoms with Gasteiger partial charge in [0, 0.05) is 19.7 Å². The molecule has 23 heavy (non-hydrogen) atoms. The number of nitrogens with one attached hydrogen (secondary N) is 2. The van der Waals surface area contributed by atoms with Gasteiger partial charge >= 0.3 is 0 Å². The number of amides is 2. The molecule has 0 spiro atoms. The summed E-state index contributed by atoms with van der Waals surface area (Å²) >= 11 is 1.32. The number of carbonyl (C=O) groups excluding carboxylic acids is 2. The normalized spacial score (nSPS) is 21.3. The minimum atomic E-state index is -0.471. The quantitative estimate of drug-likeness (QED) is 0.765. The second kappa shape index (κ2) is 7.24. The zero-order valence-electron chi connectivity index (χ0n) is 13.0. The standard InChI is InChI=1S/C14H20N4O4S/c1-9-11(23-14(15-9)18-4-7-21-8-5-18)13(20)17-16-12(19)10-3-2-6-22-10/h10H,2-8H2,1H3,(H,16,19)(H,17,20). The van der Waals surface area contributed by atoms with Gasteiger partial charge in [-0.15, -0.1) is 0 Å². The smallest absolute Gasteiger partial charge is 0.281 e. The van der Waals surface area contributed by atoms with Crippen LogP contribution in [0.5, 0.6) is 0 Å². The number of hydrazine groups is 1. The van der Waals surface area contributed by atoms with Crippen LogP contribution < -0.4 is 15.8 Å². The number of rotatable bonds is 3. The molecule has 2 fully saturated rings. The first kappa shape index (κ1) is 16.2. The molecule has 0 aromatic carbocycles. The van der Waals surface area contributed by atoms with Crippen molar-refractivity contribution in [2.24, 2.45) is 0 Å². The molecule has 3 rings (SSSR count). The summed E-state index contributed by atoms with van der Waals surface area (Å²) in [6, 6.07) is 0. The fourth-order valence-electron chi connectivity index (χ4n) is 2.52. The Labute approximate surface area is 138 Å². The van der Waals surface area contributed by atoms with Crippen LogP contribution in [0.2, 0.25) is 0 Å². The highest BCUT2D eigenvalue weighted by Crippen LogP contribution is 2.26. The van der Waals surface area contributed by atoms with Gasteiger partial charge in [-0.3, -0.25) is 20.4 Å². The summed E-state index contributed by atoms with van der Waals surface area (Å²) in [4.78, 5) is 31.1. The predicted molar refractivity (Wildman–Crippen MR) is 84.5 cm³/mol. The summed E-state index contributed by atoms with van der Waals surface area (Å²) in [5.74, 6) is -0.669. The Bertz CT molecular complexity index is 579. The fraction of sp³-hybridized carbons (Fsp3) is 0.643. The number of hydrogen-bond acceptors (Lipinski definition) is 7. The Kier molecular flexibility index (Phi) is 5.09. The topological polar surface area (TPSA) is 92.8 Å². The van der Waals surface area contributed by atoms with Crippen LogP contribution >= 0.6 is 11.3 Å². The van der Waals surface area contributed by atoms with Crippen LogP contribution in [-0.2, 0) is 14.3 Å². The number of ether oxygens (including phenoxy) is 2. The molecule has 2 saturated heterocycles. The van der Waals surface area contributed by atoms with Crippen molar-refractivity contribution < 1.29 is 19.1 Å². The highest BCUT2D eigenvalue weighted by molar-refractivity contribution is 7.17. The van der Waals surface area contributed by atoms with Crippen LogP contribution in [0.4, 0.5) is 5.13 Å². The average Bonchev–Trinajstić information content (AvgIpc) is 3.23. The van der Waals surface area contributed by atoms with Gasteiger partial charge in [-0.1, -0.05) is 11.3 Å². The van der Waals surface area contributed by atoms with E-state index in [1.165, 1.54) is 11.3 Å². The molecule has 2 aliphatic heterocycles. The van der Waals surface area contributed by atoms with E-state index in [1.807, 2.05) is 0 Å². The van der Waals surface area contributed by atoms with Crippen molar-refractivity contribution in [2.45, 2.75) is 25.9 Å². The second-order valence-corrected chi connectivity index (χ2v) is 6.43. The van der Waals surface area contributed by atoms with Gasteiger partial charge in [-0.05, 0) is 19.8 Å². The Hall–Kier alpha value is -1.71. The van der Waals surface area contributed by atoms with Crippen LogP contribution in [0.15, 0.2) is 0 Å². The molecule has 2 aliphatic rings. The van der Waals surface area contributed by atoms with E-state index in [0.29, 0.717) is 36.8 Å². The molecule has 1 aromatic heterocycles. The van der Waals surface area contributed by atoms with E-state index in [2.05, 4.69) is 20.7 Å². The van der Waals surface area contributed by atoms with Gasteiger partial charge in [0.05, 0.1) is 18.9 Å². The zero-order chi connectivity index (χ0) is 16.2. The molecule has 0 radical (unpaired) electrons. The highest BCUT2D eigenvalue weighted by atomic mass is 32.1. The van der Waals surface area contributed by atoms with E-state index in [0.717, 1.165) is 24.6 Å². The molecular weight excluding hydrogens is 320 g/mol. The van der Waals surface area contributed by atoms with Gasteiger partial charge in [0.25, 0.3) is 11.8 Å². The molecule has 3 heterocycles. The van der Waals surface area contributed by atoms with Gasteiger partial charge in [-0.2, -0.15) is 0 Å². The van der Waals surface area contributed by atoms with Crippen LogP contribution in [0.25, 0.3) is 0 Å². The summed E-state index contributed by atoms with van der Waals surface area (Å²) in [6.07, 6.45) is 1.08. The van der Waals surface area contributed by atoms with Crippen LogP contribution in [-0.4, -0.2) is 55.8 Å². The average molecular weight is 340 g/mol. The zero-order valence-corrected chi connectivity index (χ0v) is 13.8. The number of aromatic nitrogens is 1. The summed E-state index contributed by atoms with van der Waals surface area (Å²) in [5.41, 5.74) is 5.52. The maximum atomic E-state index is 12.2. The number of thiazole rings is 1. The SMILES string of the molecule is Cc1nc(N2CCOCC2)sc1C(=O)NNC(=O)C1CCCO1. The molecule has 9 heteroatoms. The minimum absolute atomic E-state index is 0.313. The van der Waals surface area contributed by atoms with E-state index in [4.69, 9.17) is 9.47 Å². The summed E-state index contributed by atoms with van der Waals surface area (Å²) in [5, 5.41) is 0.807. The molecular formula is C14H20N4O4S. The molecule has 1 unspecified atom stereocenters. The molecule has 126 valence electrons. The summed E-state index contributed by atoms with van der Waals surface area (Å²) in [7, 11) is 0. The summed E-state index contributed by atoms with van der Waals surface area (Å²) in [6.45, 7) is 5.24. The van der Waals surface area contributed by atoms with Gasteiger partial charge in [0.2, 0.25) is 0 Å². The number of carbonyl (C=O) groups is 2. The van der Waals surface area contributed by atoms with Gasteiger partial charge in [0.1, 0.15) is 11.0 Å². The number of hydrogen-bond donors (Lipinski definition) is 2. The maximum Gasteiger partial charge on any atom is 0.281 e. The number of anilines is 1. The first-order valence-corrected chi connectivity index (χ1v) is 8.48. The van der Waals surface area contributed by atoms with Crippen molar-refractivity contribution in [1.29, 1.82) is 0 Å². The first-order chi connectivity index (χ1) is 11.1. The molecule has 0 saturated carbocycles. The summed E-state index contributed by atoms with van der Waals surface area (Å²) < 4.78 is 10.6. The Balaban J connectivity index is 1.58. The number of nitrogens with zero attached hydrogens (tertiary/aromatic N) is 2. The Morgan fingerprint density at radius 1 is 1.26 bits per heavy atom. The minimum Gasteiger partial charge on any atom is -0.378 e.